The van der Waals surface area contributed by atoms with E-state index in [1.54, 1.807) is 0 Å². The summed E-state index contributed by atoms with van der Waals surface area (Å²) in [5.74, 6) is -0.0996. The average Bonchev–Trinajstić information content (AvgIpc) is 3.17. The van der Waals surface area contributed by atoms with Crippen molar-refractivity contribution in [2.45, 2.75) is 19.6 Å². The summed E-state index contributed by atoms with van der Waals surface area (Å²) in [5.41, 5.74) is 3.91. The fourth-order valence-corrected chi connectivity index (χ4v) is 4.23. The van der Waals surface area contributed by atoms with Gasteiger partial charge in [0.25, 0.3) is 0 Å². The maximum absolute atomic E-state index is 12.3. The van der Waals surface area contributed by atoms with E-state index in [4.69, 9.17) is 4.74 Å². The molecule has 0 saturated carbocycles. The van der Waals surface area contributed by atoms with E-state index in [0.717, 1.165) is 53.0 Å². The molecular weight excluding hydrogens is 390 g/mol. The zero-order valence-corrected chi connectivity index (χ0v) is 17.9. The Morgan fingerprint density at radius 2 is 1.90 bits per heavy atom. The maximum Gasteiger partial charge on any atom is 0.325 e. The summed E-state index contributed by atoms with van der Waals surface area (Å²) in [6.45, 7) is 10.4. The van der Waals surface area contributed by atoms with Gasteiger partial charge in [-0.1, -0.05) is 42.5 Å². The lowest BCUT2D eigenvalue weighted by Gasteiger charge is -2.37. The summed E-state index contributed by atoms with van der Waals surface area (Å²) in [5, 5.41) is 11.0. The molecule has 0 amide bonds. The van der Waals surface area contributed by atoms with Crippen LogP contribution in [0.25, 0.3) is 10.9 Å². The Balaban J connectivity index is 1.53. The number of nitrogens with zero attached hydrogens (tertiary/aromatic N) is 2. The number of carboxylic acids is 1. The van der Waals surface area contributed by atoms with E-state index in [-0.39, 0.29) is 0 Å². The van der Waals surface area contributed by atoms with Crippen molar-refractivity contribution in [1.29, 1.82) is 0 Å². The van der Waals surface area contributed by atoms with Crippen LogP contribution in [0.15, 0.2) is 66.9 Å². The Kier molecular flexibility index (Phi) is 6.39. The molecule has 1 aliphatic rings. The van der Waals surface area contributed by atoms with Crippen LogP contribution in [0, 0.1) is 0 Å². The van der Waals surface area contributed by atoms with Crippen molar-refractivity contribution >= 4 is 16.9 Å². The first-order valence-electron chi connectivity index (χ1n) is 10.6. The second-order valence-electron chi connectivity index (χ2n) is 8.24. The summed E-state index contributed by atoms with van der Waals surface area (Å²) in [7, 11) is 0. The topological polar surface area (TPSA) is 68.8 Å². The van der Waals surface area contributed by atoms with Gasteiger partial charge in [-0.05, 0) is 30.7 Å². The van der Waals surface area contributed by atoms with Gasteiger partial charge in [0, 0.05) is 55.4 Å². The number of nitrogens with one attached hydrogen (secondary N) is 1. The van der Waals surface area contributed by atoms with Crippen LogP contribution in [0.5, 0.6) is 5.75 Å². The number of aromatic amines is 1. The van der Waals surface area contributed by atoms with Crippen LogP contribution >= 0.6 is 0 Å². The molecule has 1 aliphatic heterocycles. The summed E-state index contributed by atoms with van der Waals surface area (Å²) in [6.07, 6.45) is 1.82. The minimum Gasteiger partial charge on any atom is -0.489 e. The Hall–Kier alpha value is -3.09. The predicted octanol–water partition coefficient (Wildman–Crippen LogP) is 4.07. The van der Waals surface area contributed by atoms with Gasteiger partial charge < -0.3 is 14.8 Å². The average molecular weight is 420 g/mol. The zero-order valence-electron chi connectivity index (χ0n) is 17.9. The SMILES string of the molecule is C=C(C)CN1CCN(C(C(=O)O)c2c[nH]c3ccc(OCc4ccccc4)cc23)CC1. The third kappa shape index (κ3) is 4.98. The standard InChI is InChI=1S/C25H29N3O3/c1-18(2)16-27-10-12-28(13-11-27)24(25(29)30)22-15-26-23-9-8-20(14-21(22)23)31-17-19-6-4-3-5-7-19/h3-9,14-15,24,26H,1,10-13,16-17H2,2H3,(H,29,30). The highest BCUT2D eigenvalue weighted by atomic mass is 16.5. The molecule has 6 heteroatoms. The summed E-state index contributed by atoms with van der Waals surface area (Å²) < 4.78 is 5.97. The van der Waals surface area contributed by atoms with Crippen molar-refractivity contribution in [3.05, 3.63) is 78.0 Å². The summed E-state index contributed by atoms with van der Waals surface area (Å²) >= 11 is 0. The molecule has 1 saturated heterocycles. The number of aromatic nitrogens is 1. The third-order valence-corrected chi connectivity index (χ3v) is 5.73. The molecular formula is C25H29N3O3. The monoisotopic (exact) mass is 419 g/mol. The molecule has 0 spiro atoms. The Bertz CT molecular complexity index is 1050. The molecule has 162 valence electrons. The highest BCUT2D eigenvalue weighted by Gasteiger charge is 2.32. The van der Waals surface area contributed by atoms with E-state index in [0.29, 0.717) is 19.7 Å². The predicted molar refractivity (Wildman–Crippen MR) is 122 cm³/mol. The molecule has 3 aromatic rings. The molecule has 0 radical (unpaired) electrons. The van der Waals surface area contributed by atoms with E-state index in [1.165, 1.54) is 0 Å². The molecule has 0 bridgehead atoms. The minimum absolute atomic E-state index is 0.471. The van der Waals surface area contributed by atoms with Crippen LogP contribution in [0.4, 0.5) is 0 Å². The Labute approximate surface area is 182 Å². The van der Waals surface area contributed by atoms with Crippen LogP contribution < -0.4 is 4.74 Å². The molecule has 1 aromatic heterocycles. The number of H-pyrrole nitrogens is 1. The van der Waals surface area contributed by atoms with Crippen molar-refractivity contribution in [2.24, 2.45) is 0 Å². The molecule has 0 aliphatic carbocycles. The highest BCUT2D eigenvalue weighted by molar-refractivity contribution is 5.90. The number of ether oxygens (including phenoxy) is 1. The van der Waals surface area contributed by atoms with Crippen LogP contribution in [0.2, 0.25) is 0 Å². The second-order valence-corrected chi connectivity index (χ2v) is 8.24. The van der Waals surface area contributed by atoms with Gasteiger partial charge in [-0.25, -0.2) is 0 Å². The van der Waals surface area contributed by atoms with Crippen molar-refractivity contribution in [2.75, 3.05) is 32.7 Å². The lowest BCUT2D eigenvalue weighted by atomic mass is 10.0. The smallest absolute Gasteiger partial charge is 0.325 e. The summed E-state index contributed by atoms with van der Waals surface area (Å²) in [4.78, 5) is 19.9. The molecule has 2 heterocycles. The molecule has 2 N–H and O–H groups in total. The maximum atomic E-state index is 12.3. The Morgan fingerprint density at radius 3 is 2.58 bits per heavy atom. The molecule has 2 aromatic carbocycles. The van der Waals surface area contributed by atoms with Gasteiger partial charge >= 0.3 is 5.97 Å². The van der Waals surface area contributed by atoms with Crippen molar-refractivity contribution in [3.8, 4) is 5.75 Å². The van der Waals surface area contributed by atoms with E-state index in [2.05, 4.69) is 21.4 Å². The number of hydrogen-bond acceptors (Lipinski definition) is 4. The first-order valence-corrected chi connectivity index (χ1v) is 10.6. The number of benzene rings is 2. The number of fused-ring (bicyclic) bond motifs is 1. The van der Waals surface area contributed by atoms with E-state index in [1.807, 2.05) is 61.7 Å². The highest BCUT2D eigenvalue weighted by Crippen LogP contribution is 2.32. The Morgan fingerprint density at radius 1 is 1.16 bits per heavy atom. The minimum atomic E-state index is -0.829. The van der Waals surface area contributed by atoms with Crippen molar-refractivity contribution < 1.29 is 14.6 Å². The number of carbonyl (C=O) groups is 1. The second kappa shape index (κ2) is 9.37. The van der Waals surface area contributed by atoms with Gasteiger partial charge in [0.15, 0.2) is 0 Å². The van der Waals surface area contributed by atoms with E-state index in [9.17, 15) is 9.90 Å². The van der Waals surface area contributed by atoms with Crippen LogP contribution in [0.1, 0.15) is 24.1 Å². The zero-order chi connectivity index (χ0) is 21.8. The van der Waals surface area contributed by atoms with Gasteiger partial charge in [0.2, 0.25) is 0 Å². The van der Waals surface area contributed by atoms with Gasteiger partial charge in [0.05, 0.1) is 0 Å². The normalized spacial score (nSPS) is 16.3. The van der Waals surface area contributed by atoms with Crippen LogP contribution in [-0.2, 0) is 11.4 Å². The largest absolute Gasteiger partial charge is 0.489 e. The number of piperazine rings is 1. The quantitative estimate of drug-likeness (QED) is 0.539. The lowest BCUT2D eigenvalue weighted by Crippen LogP contribution is -2.49. The molecule has 4 rings (SSSR count). The number of hydrogen-bond donors (Lipinski definition) is 2. The molecule has 6 nitrogen and oxygen atoms in total. The lowest BCUT2D eigenvalue weighted by molar-refractivity contribution is -0.144. The van der Waals surface area contributed by atoms with Gasteiger partial charge in [-0.3, -0.25) is 14.6 Å². The van der Waals surface area contributed by atoms with Gasteiger partial charge in [-0.2, -0.15) is 0 Å². The van der Waals surface area contributed by atoms with E-state index >= 15 is 0 Å². The molecule has 1 unspecified atom stereocenters. The fraction of sp³-hybridized carbons (Fsp3) is 0.320. The first-order chi connectivity index (χ1) is 15.0. The third-order valence-electron chi connectivity index (χ3n) is 5.73. The van der Waals surface area contributed by atoms with Crippen molar-refractivity contribution in [3.63, 3.8) is 0 Å². The van der Waals surface area contributed by atoms with E-state index < -0.39 is 12.0 Å². The molecule has 1 fully saturated rings. The molecule has 31 heavy (non-hydrogen) atoms. The summed E-state index contributed by atoms with van der Waals surface area (Å²) in [6, 6.07) is 15.1. The number of carboxylic acid groups (broad SMARTS) is 1. The number of rotatable bonds is 8. The van der Waals surface area contributed by atoms with Gasteiger partial charge in [-0.15, -0.1) is 0 Å². The molecule has 1 atom stereocenters. The number of aliphatic carboxylic acids is 1. The van der Waals surface area contributed by atoms with Gasteiger partial charge in [0.1, 0.15) is 18.4 Å². The first kappa shape index (κ1) is 21.2. The fourth-order valence-electron chi connectivity index (χ4n) is 4.23. The van der Waals surface area contributed by atoms with Crippen LogP contribution in [0.3, 0.4) is 0 Å². The van der Waals surface area contributed by atoms with Crippen molar-refractivity contribution in [1.82, 2.24) is 14.8 Å². The van der Waals surface area contributed by atoms with Crippen LogP contribution in [-0.4, -0.2) is 58.6 Å².